The first-order valence-corrected chi connectivity index (χ1v) is 7.21. The van der Waals surface area contributed by atoms with Crippen LogP contribution in [0, 0.1) is 13.8 Å². The predicted octanol–water partition coefficient (Wildman–Crippen LogP) is 4.00. The monoisotopic (exact) mass is 314 g/mol. The van der Waals surface area contributed by atoms with E-state index in [-0.39, 0.29) is 5.91 Å². The van der Waals surface area contributed by atoms with E-state index in [1.54, 1.807) is 29.5 Å². The van der Waals surface area contributed by atoms with Crippen LogP contribution in [0.25, 0.3) is 0 Å². The van der Waals surface area contributed by atoms with E-state index >= 15 is 0 Å². The summed E-state index contributed by atoms with van der Waals surface area (Å²) in [4.78, 5) is 17.4. The number of nitrogens with zero attached hydrogens (tertiary/aromatic N) is 1. The summed E-state index contributed by atoms with van der Waals surface area (Å²) < 4.78 is 0. The summed E-state index contributed by atoms with van der Waals surface area (Å²) in [6.07, 6.45) is 0. The maximum atomic E-state index is 12.0. The van der Waals surface area contributed by atoms with Crippen molar-refractivity contribution < 1.29 is 4.79 Å². The number of hydrogen-bond acceptors (Lipinski definition) is 3. The van der Waals surface area contributed by atoms with Gasteiger partial charge in [0, 0.05) is 9.90 Å². The van der Waals surface area contributed by atoms with Crippen LogP contribution in [-0.4, -0.2) is 10.9 Å². The number of thiazole rings is 1. The molecule has 0 spiro atoms. The minimum absolute atomic E-state index is 0.216. The zero-order valence-electron chi connectivity index (χ0n) is 10.5. The van der Waals surface area contributed by atoms with Gasteiger partial charge < -0.3 is 5.32 Å². The molecule has 19 heavy (non-hydrogen) atoms. The molecule has 100 valence electrons. The van der Waals surface area contributed by atoms with Crippen molar-refractivity contribution in [1.82, 2.24) is 10.3 Å². The molecule has 6 heteroatoms. The molecule has 2 rings (SSSR count). The van der Waals surface area contributed by atoms with E-state index in [0.717, 1.165) is 15.6 Å². The number of halogens is 2. The van der Waals surface area contributed by atoms with E-state index in [1.165, 1.54) is 0 Å². The number of rotatable bonds is 3. The second kappa shape index (κ2) is 5.90. The number of carbonyl (C=O) groups is 1. The fourth-order valence-corrected chi connectivity index (χ4v) is 3.04. The van der Waals surface area contributed by atoms with Gasteiger partial charge in [-0.2, -0.15) is 0 Å². The smallest absolute Gasteiger partial charge is 0.253 e. The van der Waals surface area contributed by atoms with Crippen LogP contribution in [0.1, 0.15) is 25.9 Å². The Hall–Kier alpha value is -1.10. The first-order chi connectivity index (χ1) is 8.97. The Balaban J connectivity index is 2.07. The van der Waals surface area contributed by atoms with Gasteiger partial charge in [0.2, 0.25) is 0 Å². The summed E-state index contributed by atoms with van der Waals surface area (Å²) in [7, 11) is 0. The molecule has 3 nitrogen and oxygen atoms in total. The Kier molecular flexibility index (Phi) is 4.45. The first kappa shape index (κ1) is 14.3. The molecule has 0 aliphatic heterocycles. The molecule has 0 fully saturated rings. The van der Waals surface area contributed by atoms with E-state index in [9.17, 15) is 4.79 Å². The van der Waals surface area contributed by atoms with Crippen LogP contribution in [0.3, 0.4) is 0 Å². The lowest BCUT2D eigenvalue weighted by atomic mass is 10.2. The summed E-state index contributed by atoms with van der Waals surface area (Å²) in [6, 6.07) is 4.81. The molecule has 0 aliphatic rings. The van der Waals surface area contributed by atoms with Crippen LogP contribution in [-0.2, 0) is 6.54 Å². The second-order valence-corrected chi connectivity index (χ2v) is 6.18. The lowest BCUT2D eigenvalue weighted by molar-refractivity contribution is 0.0951. The third kappa shape index (κ3) is 3.47. The summed E-state index contributed by atoms with van der Waals surface area (Å²) in [5, 5.41) is 4.68. The zero-order valence-corrected chi connectivity index (χ0v) is 12.8. The van der Waals surface area contributed by atoms with Crippen LogP contribution >= 0.6 is 34.5 Å². The maximum Gasteiger partial charge on any atom is 0.253 e. The molecular weight excluding hydrogens is 303 g/mol. The molecule has 0 aliphatic carbocycles. The minimum Gasteiger partial charge on any atom is -0.347 e. The minimum atomic E-state index is -0.216. The fourth-order valence-electron chi connectivity index (χ4n) is 1.67. The number of nitrogens with one attached hydrogen (secondary N) is 1. The quantitative estimate of drug-likeness (QED) is 0.930. The average molecular weight is 315 g/mol. The summed E-state index contributed by atoms with van der Waals surface area (Å²) in [6.45, 7) is 4.33. The van der Waals surface area contributed by atoms with E-state index in [1.807, 2.05) is 13.8 Å². The largest absolute Gasteiger partial charge is 0.347 e. The summed E-state index contributed by atoms with van der Waals surface area (Å²) in [5.41, 5.74) is 1.37. The second-order valence-electron chi connectivity index (χ2n) is 4.05. The molecule has 0 unspecified atom stereocenters. The topological polar surface area (TPSA) is 42.0 Å². The Morgan fingerprint density at radius 1 is 1.37 bits per heavy atom. The third-order valence-electron chi connectivity index (χ3n) is 2.58. The average Bonchev–Trinajstić information content (AvgIpc) is 2.65. The Labute approximate surface area is 125 Å². The van der Waals surface area contributed by atoms with Gasteiger partial charge in [0.25, 0.3) is 5.91 Å². The molecule has 0 saturated heterocycles. The molecular formula is C13H12Cl2N2OS. The SMILES string of the molecule is Cc1nc(C)c(CNC(=O)c2ccc(Cl)cc2Cl)s1. The Morgan fingerprint density at radius 3 is 2.68 bits per heavy atom. The highest BCUT2D eigenvalue weighted by atomic mass is 35.5. The van der Waals surface area contributed by atoms with Crippen molar-refractivity contribution in [3.8, 4) is 0 Å². The van der Waals surface area contributed by atoms with Crippen molar-refractivity contribution in [2.75, 3.05) is 0 Å². The molecule has 1 aromatic carbocycles. The van der Waals surface area contributed by atoms with Gasteiger partial charge in [-0.3, -0.25) is 4.79 Å². The van der Waals surface area contributed by atoms with Gasteiger partial charge in [0.1, 0.15) is 0 Å². The van der Waals surface area contributed by atoms with Crippen LogP contribution in [0.5, 0.6) is 0 Å². The van der Waals surface area contributed by atoms with Crippen LogP contribution in [0.15, 0.2) is 18.2 Å². The van der Waals surface area contributed by atoms with Gasteiger partial charge in [-0.15, -0.1) is 11.3 Å². The number of carbonyl (C=O) groups excluding carboxylic acids is 1. The maximum absolute atomic E-state index is 12.0. The standard InChI is InChI=1S/C13H12Cl2N2OS/c1-7-12(19-8(2)17-7)6-16-13(18)10-4-3-9(14)5-11(10)15/h3-5H,6H2,1-2H3,(H,16,18). The van der Waals surface area contributed by atoms with E-state index in [2.05, 4.69) is 10.3 Å². The first-order valence-electron chi connectivity index (χ1n) is 5.63. The van der Waals surface area contributed by atoms with Crippen molar-refractivity contribution >= 4 is 40.4 Å². The van der Waals surface area contributed by atoms with Gasteiger partial charge >= 0.3 is 0 Å². The van der Waals surface area contributed by atoms with Gasteiger partial charge in [0.05, 0.1) is 27.8 Å². The summed E-state index contributed by atoms with van der Waals surface area (Å²) in [5.74, 6) is -0.216. The van der Waals surface area contributed by atoms with Crippen LogP contribution in [0.2, 0.25) is 10.0 Å². The number of aryl methyl sites for hydroxylation is 2. The molecule has 0 atom stereocenters. The van der Waals surface area contributed by atoms with Gasteiger partial charge in [-0.05, 0) is 32.0 Å². The highest BCUT2D eigenvalue weighted by Crippen LogP contribution is 2.21. The van der Waals surface area contributed by atoms with Crippen LogP contribution < -0.4 is 5.32 Å². The van der Waals surface area contributed by atoms with Gasteiger partial charge in [-0.25, -0.2) is 4.98 Å². The lowest BCUT2D eigenvalue weighted by Crippen LogP contribution is -2.23. The lowest BCUT2D eigenvalue weighted by Gasteiger charge is -2.06. The van der Waals surface area contributed by atoms with Crippen molar-refractivity contribution in [3.63, 3.8) is 0 Å². The van der Waals surface area contributed by atoms with Crippen molar-refractivity contribution in [2.45, 2.75) is 20.4 Å². The highest BCUT2D eigenvalue weighted by Gasteiger charge is 2.12. The number of aromatic nitrogens is 1. The number of hydrogen-bond donors (Lipinski definition) is 1. The highest BCUT2D eigenvalue weighted by molar-refractivity contribution is 7.11. The number of amides is 1. The summed E-state index contributed by atoms with van der Waals surface area (Å²) >= 11 is 13.4. The molecule has 1 N–H and O–H groups in total. The normalized spacial score (nSPS) is 10.5. The predicted molar refractivity (Wildman–Crippen MR) is 79.2 cm³/mol. The van der Waals surface area contributed by atoms with Crippen molar-refractivity contribution in [3.05, 3.63) is 49.4 Å². The molecule has 1 aromatic heterocycles. The fraction of sp³-hybridized carbons (Fsp3) is 0.231. The number of benzene rings is 1. The van der Waals surface area contributed by atoms with E-state index in [0.29, 0.717) is 22.2 Å². The molecule has 2 aromatic rings. The zero-order chi connectivity index (χ0) is 14.0. The Morgan fingerprint density at radius 2 is 2.11 bits per heavy atom. The van der Waals surface area contributed by atoms with Crippen LogP contribution in [0.4, 0.5) is 0 Å². The van der Waals surface area contributed by atoms with Gasteiger partial charge in [-0.1, -0.05) is 23.2 Å². The van der Waals surface area contributed by atoms with E-state index in [4.69, 9.17) is 23.2 Å². The van der Waals surface area contributed by atoms with Gasteiger partial charge in [0.15, 0.2) is 0 Å². The van der Waals surface area contributed by atoms with Crippen molar-refractivity contribution in [1.29, 1.82) is 0 Å². The molecule has 0 radical (unpaired) electrons. The van der Waals surface area contributed by atoms with E-state index < -0.39 is 0 Å². The third-order valence-corrected chi connectivity index (χ3v) is 4.21. The molecule has 1 heterocycles. The molecule has 1 amide bonds. The Bertz CT molecular complexity index is 625. The molecule has 0 saturated carbocycles. The molecule has 0 bridgehead atoms. The van der Waals surface area contributed by atoms with Crippen molar-refractivity contribution in [2.24, 2.45) is 0 Å².